The van der Waals surface area contributed by atoms with E-state index >= 15 is 0 Å². The molecule has 0 fully saturated rings. The summed E-state index contributed by atoms with van der Waals surface area (Å²) in [5.74, 6) is 0.375. The van der Waals surface area contributed by atoms with Crippen LogP contribution in [-0.4, -0.2) is 9.55 Å². The summed E-state index contributed by atoms with van der Waals surface area (Å²) >= 11 is 9.39. The van der Waals surface area contributed by atoms with Gasteiger partial charge in [-0.2, -0.15) is 0 Å². The molecule has 0 bridgehead atoms. The van der Waals surface area contributed by atoms with E-state index < -0.39 is 0 Å². The van der Waals surface area contributed by atoms with Crippen LogP contribution in [-0.2, 0) is 6.54 Å². The molecule has 0 amide bonds. The van der Waals surface area contributed by atoms with Crippen molar-refractivity contribution in [2.45, 2.75) is 18.8 Å². The van der Waals surface area contributed by atoms with E-state index in [1.807, 2.05) is 17.6 Å². The standard InChI is InChI=1S/C14H11BrClFN2O/c1-8(16)14-18-12-5-11(17)10(15)4-13(12)19(14)6-9-2-3-20-7-9/h2-5,7-8H,6H2,1H3. The maximum Gasteiger partial charge on any atom is 0.139 e. The Kier molecular flexibility index (Phi) is 3.56. The van der Waals surface area contributed by atoms with Gasteiger partial charge in [-0.15, -0.1) is 11.6 Å². The van der Waals surface area contributed by atoms with E-state index in [1.54, 1.807) is 18.6 Å². The molecule has 2 heterocycles. The number of imidazole rings is 1. The zero-order chi connectivity index (χ0) is 14.3. The van der Waals surface area contributed by atoms with Gasteiger partial charge < -0.3 is 8.98 Å². The minimum absolute atomic E-state index is 0.267. The molecule has 6 heteroatoms. The highest BCUT2D eigenvalue weighted by atomic mass is 79.9. The van der Waals surface area contributed by atoms with Crippen LogP contribution in [0.5, 0.6) is 0 Å². The van der Waals surface area contributed by atoms with Crippen LogP contribution in [0.15, 0.2) is 39.6 Å². The predicted molar refractivity (Wildman–Crippen MR) is 79.5 cm³/mol. The molecule has 2 aromatic heterocycles. The van der Waals surface area contributed by atoms with Gasteiger partial charge in [0.1, 0.15) is 11.6 Å². The molecular formula is C14H11BrClFN2O. The van der Waals surface area contributed by atoms with E-state index in [9.17, 15) is 4.39 Å². The summed E-state index contributed by atoms with van der Waals surface area (Å²) in [5.41, 5.74) is 2.43. The molecule has 3 aromatic rings. The highest BCUT2D eigenvalue weighted by Crippen LogP contribution is 2.29. The SMILES string of the molecule is CC(Cl)c1nc2cc(F)c(Br)cc2n1Cc1ccoc1. The van der Waals surface area contributed by atoms with Gasteiger partial charge in [0.2, 0.25) is 0 Å². The summed E-state index contributed by atoms with van der Waals surface area (Å²) in [6.07, 6.45) is 3.29. The van der Waals surface area contributed by atoms with Gasteiger partial charge in [0.05, 0.1) is 40.0 Å². The molecule has 0 radical (unpaired) electrons. The maximum absolute atomic E-state index is 13.6. The summed E-state index contributed by atoms with van der Waals surface area (Å²) in [4.78, 5) is 4.43. The van der Waals surface area contributed by atoms with Crippen molar-refractivity contribution in [2.75, 3.05) is 0 Å². The van der Waals surface area contributed by atoms with Crippen molar-refractivity contribution >= 4 is 38.6 Å². The van der Waals surface area contributed by atoms with E-state index in [2.05, 4.69) is 20.9 Å². The van der Waals surface area contributed by atoms with Crippen molar-refractivity contribution in [3.05, 3.63) is 52.4 Å². The third-order valence-corrected chi connectivity index (χ3v) is 3.90. The molecule has 0 saturated carbocycles. The Morgan fingerprint density at radius 3 is 2.95 bits per heavy atom. The second kappa shape index (κ2) is 5.22. The molecule has 0 aliphatic carbocycles. The molecular weight excluding hydrogens is 347 g/mol. The van der Waals surface area contributed by atoms with Crippen molar-refractivity contribution in [2.24, 2.45) is 0 Å². The maximum atomic E-state index is 13.6. The number of rotatable bonds is 3. The van der Waals surface area contributed by atoms with Crippen LogP contribution in [0.3, 0.4) is 0 Å². The molecule has 0 aliphatic heterocycles. The lowest BCUT2D eigenvalue weighted by Crippen LogP contribution is -2.05. The van der Waals surface area contributed by atoms with Crippen LogP contribution >= 0.6 is 27.5 Å². The van der Waals surface area contributed by atoms with Gasteiger partial charge in [-0.1, -0.05) is 0 Å². The van der Waals surface area contributed by atoms with Crippen LogP contribution < -0.4 is 0 Å². The minimum atomic E-state index is -0.334. The Morgan fingerprint density at radius 2 is 2.30 bits per heavy atom. The van der Waals surface area contributed by atoms with Gasteiger partial charge in [0.15, 0.2) is 0 Å². The lowest BCUT2D eigenvalue weighted by atomic mass is 10.3. The lowest BCUT2D eigenvalue weighted by Gasteiger charge is -2.09. The number of hydrogen-bond donors (Lipinski definition) is 0. The summed E-state index contributed by atoms with van der Waals surface area (Å²) < 4.78 is 21.1. The highest BCUT2D eigenvalue weighted by molar-refractivity contribution is 9.10. The third-order valence-electron chi connectivity index (χ3n) is 3.10. The largest absolute Gasteiger partial charge is 0.472 e. The number of alkyl halides is 1. The Balaban J connectivity index is 2.20. The molecule has 1 unspecified atom stereocenters. The van der Waals surface area contributed by atoms with Gasteiger partial charge in [0.25, 0.3) is 0 Å². The molecule has 0 aliphatic rings. The van der Waals surface area contributed by atoms with E-state index in [-0.39, 0.29) is 11.2 Å². The average Bonchev–Trinajstić information content (AvgIpc) is 3.00. The van der Waals surface area contributed by atoms with Crippen LogP contribution in [0.4, 0.5) is 4.39 Å². The number of halogens is 3. The summed E-state index contributed by atoms with van der Waals surface area (Å²) in [6, 6.07) is 5.02. The predicted octanol–water partition coefficient (Wildman–Crippen LogP) is 4.88. The van der Waals surface area contributed by atoms with Crippen molar-refractivity contribution in [1.82, 2.24) is 9.55 Å². The van der Waals surface area contributed by atoms with Gasteiger partial charge in [0, 0.05) is 11.6 Å². The van der Waals surface area contributed by atoms with E-state index in [4.69, 9.17) is 16.0 Å². The molecule has 3 nitrogen and oxygen atoms in total. The average molecular weight is 358 g/mol. The minimum Gasteiger partial charge on any atom is -0.472 e. The monoisotopic (exact) mass is 356 g/mol. The fourth-order valence-electron chi connectivity index (χ4n) is 2.17. The Labute approximate surface area is 128 Å². The van der Waals surface area contributed by atoms with Gasteiger partial charge >= 0.3 is 0 Å². The Bertz CT molecular complexity index is 752. The quantitative estimate of drug-likeness (QED) is 0.626. The van der Waals surface area contributed by atoms with Crippen LogP contribution in [0.2, 0.25) is 0 Å². The molecule has 1 atom stereocenters. The first-order valence-corrected chi connectivity index (χ1v) is 7.29. The Hall–Kier alpha value is -1.33. The second-order valence-electron chi connectivity index (χ2n) is 4.56. The molecule has 0 spiro atoms. The topological polar surface area (TPSA) is 31.0 Å². The molecule has 20 heavy (non-hydrogen) atoms. The molecule has 1 aromatic carbocycles. The first kappa shape index (κ1) is 13.6. The van der Waals surface area contributed by atoms with Crippen LogP contribution in [0.25, 0.3) is 11.0 Å². The molecule has 104 valence electrons. The summed E-state index contributed by atoms with van der Waals surface area (Å²) in [5, 5.41) is -0.267. The van der Waals surface area contributed by atoms with Crippen molar-refractivity contribution < 1.29 is 8.81 Å². The van der Waals surface area contributed by atoms with Crippen molar-refractivity contribution in [1.29, 1.82) is 0 Å². The van der Waals surface area contributed by atoms with Crippen molar-refractivity contribution in [3.63, 3.8) is 0 Å². The van der Waals surface area contributed by atoms with Gasteiger partial charge in [-0.25, -0.2) is 9.37 Å². The van der Waals surface area contributed by atoms with Gasteiger partial charge in [-0.05, 0) is 35.0 Å². The van der Waals surface area contributed by atoms with Crippen molar-refractivity contribution in [3.8, 4) is 0 Å². The van der Waals surface area contributed by atoms with Crippen LogP contribution in [0, 0.1) is 5.82 Å². The lowest BCUT2D eigenvalue weighted by molar-refractivity contribution is 0.562. The molecule has 3 rings (SSSR count). The smallest absolute Gasteiger partial charge is 0.139 e. The number of nitrogens with zero attached hydrogens (tertiary/aromatic N) is 2. The number of aromatic nitrogens is 2. The fourth-order valence-corrected chi connectivity index (χ4v) is 2.67. The third kappa shape index (κ3) is 2.36. The summed E-state index contributed by atoms with van der Waals surface area (Å²) in [7, 11) is 0. The second-order valence-corrected chi connectivity index (χ2v) is 6.07. The zero-order valence-electron chi connectivity index (χ0n) is 10.6. The highest BCUT2D eigenvalue weighted by Gasteiger charge is 2.17. The van der Waals surface area contributed by atoms with Crippen LogP contribution in [0.1, 0.15) is 23.7 Å². The van der Waals surface area contributed by atoms with E-state index in [0.29, 0.717) is 22.4 Å². The zero-order valence-corrected chi connectivity index (χ0v) is 12.9. The number of benzene rings is 1. The normalized spacial score (nSPS) is 13.0. The van der Waals surface area contributed by atoms with Gasteiger partial charge in [-0.3, -0.25) is 0 Å². The number of fused-ring (bicyclic) bond motifs is 1. The fraction of sp³-hybridized carbons (Fsp3) is 0.214. The first-order valence-electron chi connectivity index (χ1n) is 6.06. The van der Waals surface area contributed by atoms with E-state index in [0.717, 1.165) is 11.1 Å². The molecule has 0 N–H and O–H groups in total. The first-order chi connectivity index (χ1) is 9.56. The Morgan fingerprint density at radius 1 is 1.50 bits per heavy atom. The number of furan rings is 1. The number of hydrogen-bond acceptors (Lipinski definition) is 2. The molecule has 0 saturated heterocycles. The summed E-state index contributed by atoms with van der Waals surface area (Å²) in [6.45, 7) is 2.43. The van der Waals surface area contributed by atoms with E-state index in [1.165, 1.54) is 6.07 Å².